The third-order valence-corrected chi connectivity index (χ3v) is 4.30. The highest BCUT2D eigenvalue weighted by Gasteiger charge is 2.23. The minimum Gasteiger partial charge on any atom is -0.493 e. The van der Waals surface area contributed by atoms with Crippen LogP contribution in [0.1, 0.15) is 48.4 Å². The Hall–Kier alpha value is -0.730. The zero-order valence-corrected chi connectivity index (χ0v) is 14.0. The lowest BCUT2D eigenvalue weighted by molar-refractivity contribution is 0.295. The molecule has 1 aliphatic carbocycles. The highest BCUT2D eigenvalue weighted by molar-refractivity contribution is 5.85. The van der Waals surface area contributed by atoms with E-state index >= 15 is 0 Å². The quantitative estimate of drug-likeness (QED) is 0.858. The van der Waals surface area contributed by atoms with E-state index in [1.54, 1.807) is 0 Å². The van der Waals surface area contributed by atoms with E-state index < -0.39 is 0 Å². The normalized spacial score (nSPS) is 15.7. The third-order valence-electron chi connectivity index (χ3n) is 4.30. The molecule has 1 atom stereocenters. The van der Waals surface area contributed by atoms with Gasteiger partial charge in [-0.05, 0) is 74.6 Å². The number of rotatable bonds is 6. The van der Waals surface area contributed by atoms with Gasteiger partial charge in [0.25, 0.3) is 0 Å². The van der Waals surface area contributed by atoms with Crippen molar-refractivity contribution in [2.24, 2.45) is 11.7 Å². The molecule has 3 heteroatoms. The van der Waals surface area contributed by atoms with Crippen molar-refractivity contribution in [3.05, 3.63) is 28.3 Å². The van der Waals surface area contributed by atoms with E-state index in [9.17, 15) is 0 Å². The Labute approximate surface area is 129 Å². The van der Waals surface area contributed by atoms with Gasteiger partial charge < -0.3 is 10.5 Å². The first kappa shape index (κ1) is 17.3. The van der Waals surface area contributed by atoms with E-state index in [4.69, 9.17) is 10.5 Å². The largest absolute Gasteiger partial charge is 0.493 e. The second-order valence-electron chi connectivity index (χ2n) is 6.06. The molecule has 1 unspecified atom stereocenters. The lowest BCUT2D eigenvalue weighted by atomic mass is 9.94. The van der Waals surface area contributed by atoms with E-state index in [-0.39, 0.29) is 18.4 Å². The van der Waals surface area contributed by atoms with Crippen LogP contribution in [0.3, 0.4) is 0 Å². The van der Waals surface area contributed by atoms with Gasteiger partial charge in [-0.25, -0.2) is 0 Å². The molecular formula is C17H28ClNO. The van der Waals surface area contributed by atoms with E-state index in [0.29, 0.717) is 0 Å². The number of hydrogen-bond acceptors (Lipinski definition) is 2. The first-order valence-corrected chi connectivity index (χ1v) is 7.51. The number of aryl methyl sites for hydroxylation is 1. The van der Waals surface area contributed by atoms with Crippen LogP contribution in [0.25, 0.3) is 0 Å². The fraction of sp³-hybridized carbons (Fsp3) is 0.647. The molecule has 1 fully saturated rings. The van der Waals surface area contributed by atoms with Crippen molar-refractivity contribution in [2.45, 2.75) is 59.4 Å². The summed E-state index contributed by atoms with van der Waals surface area (Å²) in [5.74, 6) is 1.89. The second kappa shape index (κ2) is 7.33. The Balaban J connectivity index is 0.00000200. The van der Waals surface area contributed by atoms with Crippen LogP contribution in [0.15, 0.2) is 6.07 Å². The summed E-state index contributed by atoms with van der Waals surface area (Å²) >= 11 is 0. The summed E-state index contributed by atoms with van der Waals surface area (Å²) in [6.45, 7) is 9.54. The van der Waals surface area contributed by atoms with Crippen molar-refractivity contribution in [1.82, 2.24) is 0 Å². The summed E-state index contributed by atoms with van der Waals surface area (Å²) in [5.41, 5.74) is 11.4. The van der Waals surface area contributed by atoms with E-state index in [0.717, 1.165) is 31.1 Å². The number of hydrogen-bond donors (Lipinski definition) is 1. The molecule has 1 aromatic rings. The second-order valence-corrected chi connectivity index (χ2v) is 6.06. The van der Waals surface area contributed by atoms with Gasteiger partial charge in [0.15, 0.2) is 0 Å². The van der Waals surface area contributed by atoms with Gasteiger partial charge in [0, 0.05) is 6.04 Å². The molecule has 2 N–H and O–H groups in total. The molecule has 1 aromatic carbocycles. The molecular weight excluding hydrogens is 270 g/mol. The minimum absolute atomic E-state index is 0. The molecule has 0 amide bonds. The average molecular weight is 298 g/mol. The summed E-state index contributed by atoms with van der Waals surface area (Å²) in [5, 5.41) is 0. The monoisotopic (exact) mass is 297 g/mol. The maximum Gasteiger partial charge on any atom is 0.125 e. The van der Waals surface area contributed by atoms with Gasteiger partial charge in [-0.2, -0.15) is 0 Å². The van der Waals surface area contributed by atoms with Crippen molar-refractivity contribution in [2.75, 3.05) is 6.61 Å². The van der Waals surface area contributed by atoms with Crippen LogP contribution in [0.2, 0.25) is 0 Å². The van der Waals surface area contributed by atoms with Crippen LogP contribution < -0.4 is 10.5 Å². The van der Waals surface area contributed by atoms with Crippen LogP contribution >= 0.6 is 12.4 Å². The van der Waals surface area contributed by atoms with Crippen molar-refractivity contribution in [3.8, 4) is 5.75 Å². The summed E-state index contributed by atoms with van der Waals surface area (Å²) in [4.78, 5) is 0. The summed E-state index contributed by atoms with van der Waals surface area (Å²) in [6.07, 6.45) is 4.66. The summed E-state index contributed by atoms with van der Waals surface area (Å²) in [7, 11) is 0. The molecule has 2 nitrogen and oxygen atoms in total. The molecule has 0 aliphatic heterocycles. The third kappa shape index (κ3) is 4.13. The maximum absolute atomic E-state index is 6.09. The fourth-order valence-electron chi connectivity index (χ4n) is 2.49. The highest BCUT2D eigenvalue weighted by Crippen LogP contribution is 2.33. The molecule has 0 aromatic heterocycles. The van der Waals surface area contributed by atoms with Gasteiger partial charge >= 0.3 is 0 Å². The van der Waals surface area contributed by atoms with Gasteiger partial charge in [0.1, 0.15) is 5.75 Å². The predicted molar refractivity (Wildman–Crippen MR) is 88.1 cm³/mol. The molecule has 1 saturated carbocycles. The van der Waals surface area contributed by atoms with Gasteiger partial charge in [0.05, 0.1) is 6.61 Å². The highest BCUT2D eigenvalue weighted by atomic mass is 35.5. The van der Waals surface area contributed by atoms with Gasteiger partial charge in [-0.3, -0.25) is 0 Å². The summed E-state index contributed by atoms with van der Waals surface area (Å²) < 4.78 is 6.03. The molecule has 1 aliphatic rings. The van der Waals surface area contributed by atoms with E-state index in [2.05, 4.69) is 33.8 Å². The molecule has 20 heavy (non-hydrogen) atoms. The first-order chi connectivity index (χ1) is 9.02. The Morgan fingerprint density at radius 3 is 2.45 bits per heavy atom. The van der Waals surface area contributed by atoms with E-state index in [1.807, 2.05) is 0 Å². The van der Waals surface area contributed by atoms with E-state index in [1.165, 1.54) is 35.1 Å². The lowest BCUT2D eigenvalue weighted by Crippen LogP contribution is -2.22. The van der Waals surface area contributed by atoms with Crippen LogP contribution in [-0.2, 0) is 6.42 Å². The Bertz CT molecular complexity index is 455. The van der Waals surface area contributed by atoms with Gasteiger partial charge in [0.2, 0.25) is 0 Å². The van der Waals surface area contributed by atoms with Crippen molar-refractivity contribution in [1.29, 1.82) is 0 Å². The summed E-state index contributed by atoms with van der Waals surface area (Å²) in [6, 6.07) is 2.52. The van der Waals surface area contributed by atoms with Crippen molar-refractivity contribution < 1.29 is 4.74 Å². The van der Waals surface area contributed by atoms with Gasteiger partial charge in [-0.1, -0.05) is 13.0 Å². The number of benzene rings is 1. The number of ether oxygens (including phenoxy) is 1. The smallest absolute Gasteiger partial charge is 0.125 e. The van der Waals surface area contributed by atoms with Gasteiger partial charge in [-0.15, -0.1) is 12.4 Å². The van der Waals surface area contributed by atoms with Crippen LogP contribution in [0.4, 0.5) is 0 Å². The van der Waals surface area contributed by atoms with Crippen LogP contribution in [0, 0.1) is 26.7 Å². The Morgan fingerprint density at radius 2 is 1.90 bits per heavy atom. The molecule has 0 radical (unpaired) electrons. The Morgan fingerprint density at radius 1 is 1.25 bits per heavy atom. The molecule has 0 spiro atoms. The zero-order chi connectivity index (χ0) is 14.0. The first-order valence-electron chi connectivity index (χ1n) is 7.51. The van der Waals surface area contributed by atoms with Crippen LogP contribution in [0.5, 0.6) is 5.75 Å². The Kier molecular flexibility index (Phi) is 6.35. The molecule has 0 bridgehead atoms. The average Bonchev–Trinajstić information content (AvgIpc) is 3.19. The fourth-order valence-corrected chi connectivity index (χ4v) is 2.49. The molecule has 2 rings (SSSR count). The molecule has 0 heterocycles. The molecule has 0 saturated heterocycles. The maximum atomic E-state index is 6.09. The number of nitrogens with two attached hydrogens (primary N) is 1. The predicted octanol–water partition coefficient (Wildman–Crippen LogP) is 4.10. The topological polar surface area (TPSA) is 35.2 Å². The van der Waals surface area contributed by atoms with Crippen molar-refractivity contribution in [3.63, 3.8) is 0 Å². The lowest BCUT2D eigenvalue weighted by Gasteiger charge is -2.19. The minimum atomic E-state index is 0. The molecule has 114 valence electrons. The number of halogens is 1. The van der Waals surface area contributed by atoms with Crippen molar-refractivity contribution >= 4 is 12.4 Å². The van der Waals surface area contributed by atoms with Crippen LogP contribution in [-0.4, -0.2) is 12.6 Å². The SMILES string of the molecule is CCC(N)Cc1cc(C)c(OCC2CC2)c(C)c1C.Cl. The zero-order valence-electron chi connectivity index (χ0n) is 13.2. The standard InChI is InChI=1S/C17H27NO.ClH/c1-5-16(18)9-15-8-11(2)17(13(4)12(15)3)19-10-14-6-7-14;/h8,14,16H,5-7,9-10,18H2,1-4H3;1H.